The number of hydrogen-bond donors (Lipinski definition) is 0. The van der Waals surface area contributed by atoms with Gasteiger partial charge in [-0.2, -0.15) is 5.10 Å². The standard InChI is InChI=1S/C35H49N5O5Si/c1-10-27-30-26(32(41)38-18-20-39(21-19-38)33(42)44-34(2,3)4)23-28(36-31(30)40(37-27)29-13-11-12-22-43-29)24-14-16-25(17-15-24)45-46(8,9)35(5,6)7/h10,14-17,23,29H,1,11-13,18-22H2,2-9H3. The first-order chi connectivity index (χ1) is 21.6. The van der Waals surface area contributed by atoms with Gasteiger partial charge in [-0.05, 0) is 94.6 Å². The van der Waals surface area contributed by atoms with Crippen molar-refractivity contribution >= 4 is 37.4 Å². The highest BCUT2D eigenvalue weighted by atomic mass is 28.4. The van der Waals surface area contributed by atoms with Gasteiger partial charge in [0.25, 0.3) is 5.91 Å². The first-order valence-corrected chi connectivity index (χ1v) is 19.2. The molecule has 2 amide bonds. The zero-order chi connectivity index (χ0) is 33.4. The quantitative estimate of drug-likeness (QED) is 0.255. The summed E-state index contributed by atoms with van der Waals surface area (Å²) in [6.07, 6.45) is 3.89. The lowest BCUT2D eigenvalue weighted by Crippen LogP contribution is -2.51. The molecule has 5 rings (SSSR count). The summed E-state index contributed by atoms with van der Waals surface area (Å²) in [5.41, 5.74) is 2.64. The Kier molecular flexibility index (Phi) is 9.39. The van der Waals surface area contributed by atoms with Crippen molar-refractivity contribution in [3.63, 3.8) is 0 Å². The van der Waals surface area contributed by atoms with Gasteiger partial charge in [0.1, 0.15) is 11.4 Å². The summed E-state index contributed by atoms with van der Waals surface area (Å²) in [6, 6.07) is 9.81. The largest absolute Gasteiger partial charge is 0.544 e. The van der Waals surface area contributed by atoms with E-state index in [1.54, 1.807) is 15.9 Å². The third-order valence-corrected chi connectivity index (χ3v) is 13.4. The molecular formula is C35H49N5O5Si. The average molecular weight is 648 g/mol. The molecule has 4 heterocycles. The maximum absolute atomic E-state index is 14.3. The molecule has 2 saturated heterocycles. The monoisotopic (exact) mass is 647 g/mol. The van der Waals surface area contributed by atoms with E-state index in [1.807, 2.05) is 55.8 Å². The summed E-state index contributed by atoms with van der Waals surface area (Å²) in [6.45, 7) is 22.9. The van der Waals surface area contributed by atoms with E-state index in [-0.39, 0.29) is 23.3 Å². The molecule has 2 aliphatic heterocycles. The topological polar surface area (TPSA) is 99.0 Å². The summed E-state index contributed by atoms with van der Waals surface area (Å²) < 4.78 is 20.0. The van der Waals surface area contributed by atoms with Gasteiger partial charge in [-0.1, -0.05) is 27.4 Å². The predicted molar refractivity (Wildman–Crippen MR) is 183 cm³/mol. The second-order valence-electron chi connectivity index (χ2n) is 14.8. The molecule has 3 aromatic rings. The maximum Gasteiger partial charge on any atom is 0.410 e. The molecule has 11 heteroatoms. The molecule has 0 saturated carbocycles. The fourth-order valence-corrected chi connectivity index (χ4v) is 6.50. The number of piperazine rings is 1. The lowest BCUT2D eigenvalue weighted by molar-refractivity contribution is -0.0370. The number of fused-ring (bicyclic) bond motifs is 1. The van der Waals surface area contributed by atoms with Gasteiger partial charge in [-0.25, -0.2) is 14.5 Å². The van der Waals surface area contributed by atoms with Crippen LogP contribution in [0.25, 0.3) is 28.4 Å². The zero-order valence-electron chi connectivity index (χ0n) is 28.7. The van der Waals surface area contributed by atoms with Crippen LogP contribution in [-0.2, 0) is 9.47 Å². The number of carbonyl (C=O) groups excluding carboxylic acids is 2. The first kappa shape index (κ1) is 33.7. The lowest BCUT2D eigenvalue weighted by atomic mass is 10.0. The molecule has 1 aromatic carbocycles. The molecule has 2 fully saturated rings. The number of amides is 2. The average Bonchev–Trinajstić information content (AvgIpc) is 3.38. The molecule has 10 nitrogen and oxygen atoms in total. The SMILES string of the molecule is C=Cc1nn(C2CCCCO2)c2nc(-c3ccc(O[Si](C)(C)C(C)(C)C)cc3)cc(C(=O)N3CCN(C(=O)OC(C)(C)C)CC3)c12. The molecule has 1 unspecified atom stereocenters. The number of hydrogen-bond acceptors (Lipinski definition) is 7. The Morgan fingerprint density at radius 1 is 1.00 bits per heavy atom. The summed E-state index contributed by atoms with van der Waals surface area (Å²) >= 11 is 0. The lowest BCUT2D eigenvalue weighted by Gasteiger charge is -2.36. The van der Waals surface area contributed by atoms with Crippen molar-refractivity contribution in [3.8, 4) is 17.0 Å². The van der Waals surface area contributed by atoms with Crippen LogP contribution in [0.3, 0.4) is 0 Å². The Bertz CT molecular complexity index is 1590. The van der Waals surface area contributed by atoms with Crippen molar-refractivity contribution in [2.75, 3.05) is 32.8 Å². The van der Waals surface area contributed by atoms with Gasteiger partial charge in [-0.3, -0.25) is 4.79 Å². The van der Waals surface area contributed by atoms with Crippen LogP contribution in [0.2, 0.25) is 18.1 Å². The van der Waals surface area contributed by atoms with E-state index in [0.29, 0.717) is 60.8 Å². The van der Waals surface area contributed by atoms with Crippen molar-refractivity contribution in [1.29, 1.82) is 0 Å². The van der Waals surface area contributed by atoms with Crippen LogP contribution in [0, 0.1) is 0 Å². The fourth-order valence-electron chi connectivity index (χ4n) is 5.47. The number of ether oxygens (including phenoxy) is 2. The summed E-state index contributed by atoms with van der Waals surface area (Å²) in [7, 11) is -2.01. The van der Waals surface area contributed by atoms with Gasteiger partial charge in [0.15, 0.2) is 11.9 Å². The number of nitrogens with zero attached hydrogens (tertiary/aromatic N) is 5. The van der Waals surface area contributed by atoms with Crippen LogP contribution in [0.15, 0.2) is 36.9 Å². The normalized spacial score (nSPS) is 18.0. The zero-order valence-corrected chi connectivity index (χ0v) is 29.7. The Morgan fingerprint density at radius 2 is 1.65 bits per heavy atom. The van der Waals surface area contributed by atoms with Gasteiger partial charge in [0.2, 0.25) is 8.32 Å². The van der Waals surface area contributed by atoms with Gasteiger partial charge in [0, 0.05) is 38.3 Å². The van der Waals surface area contributed by atoms with Gasteiger partial charge >= 0.3 is 6.09 Å². The molecule has 1 atom stereocenters. The molecule has 2 aliphatic rings. The van der Waals surface area contributed by atoms with Crippen molar-refractivity contribution in [2.24, 2.45) is 0 Å². The number of aromatic nitrogens is 3. The van der Waals surface area contributed by atoms with E-state index in [1.165, 1.54) is 0 Å². The highest BCUT2D eigenvalue weighted by Gasteiger charge is 2.39. The van der Waals surface area contributed by atoms with Gasteiger partial charge in [0.05, 0.1) is 22.3 Å². The van der Waals surface area contributed by atoms with E-state index in [9.17, 15) is 9.59 Å². The number of pyridine rings is 1. The van der Waals surface area contributed by atoms with Crippen molar-refractivity contribution in [3.05, 3.63) is 48.2 Å². The van der Waals surface area contributed by atoms with E-state index in [4.69, 9.17) is 24.0 Å². The molecule has 248 valence electrons. The number of benzene rings is 1. The minimum atomic E-state index is -2.01. The molecule has 0 spiro atoms. The molecular weight excluding hydrogens is 599 g/mol. The molecule has 0 aliphatic carbocycles. The molecule has 2 aromatic heterocycles. The Labute approximate surface area is 273 Å². The van der Waals surface area contributed by atoms with Crippen LogP contribution in [-0.4, -0.2) is 83.3 Å². The predicted octanol–water partition coefficient (Wildman–Crippen LogP) is 7.52. The fraction of sp³-hybridized carbons (Fsp3) is 0.543. The summed E-state index contributed by atoms with van der Waals surface area (Å²) in [5.74, 6) is 0.688. The smallest absolute Gasteiger partial charge is 0.410 e. The van der Waals surface area contributed by atoms with Crippen LogP contribution >= 0.6 is 0 Å². The third kappa shape index (κ3) is 7.15. The molecule has 0 radical (unpaired) electrons. The van der Waals surface area contributed by atoms with Crippen molar-refractivity contribution < 1.29 is 23.5 Å². The third-order valence-electron chi connectivity index (χ3n) is 9.09. The Morgan fingerprint density at radius 3 is 2.22 bits per heavy atom. The molecule has 0 bridgehead atoms. The van der Waals surface area contributed by atoms with E-state index >= 15 is 0 Å². The van der Waals surface area contributed by atoms with E-state index in [0.717, 1.165) is 30.6 Å². The van der Waals surface area contributed by atoms with Gasteiger partial charge < -0.3 is 23.7 Å². The second-order valence-corrected chi connectivity index (χ2v) is 19.5. The van der Waals surface area contributed by atoms with Crippen LogP contribution < -0.4 is 4.43 Å². The van der Waals surface area contributed by atoms with Crippen molar-refractivity contribution in [2.45, 2.75) is 90.8 Å². The van der Waals surface area contributed by atoms with Crippen LogP contribution in [0.1, 0.15) is 83.1 Å². The number of rotatable bonds is 6. The second kappa shape index (κ2) is 12.8. The minimum absolute atomic E-state index is 0.0777. The Hall–Kier alpha value is -3.70. The molecule has 46 heavy (non-hydrogen) atoms. The van der Waals surface area contributed by atoms with Gasteiger partial charge in [-0.15, -0.1) is 0 Å². The van der Waals surface area contributed by atoms with E-state index in [2.05, 4.69) is 40.4 Å². The highest BCUT2D eigenvalue weighted by Crippen LogP contribution is 2.38. The Balaban J connectivity index is 1.51. The summed E-state index contributed by atoms with van der Waals surface area (Å²) in [5, 5.41) is 5.59. The first-order valence-electron chi connectivity index (χ1n) is 16.3. The van der Waals surface area contributed by atoms with Crippen LogP contribution in [0.5, 0.6) is 5.75 Å². The van der Waals surface area contributed by atoms with Crippen molar-refractivity contribution in [1.82, 2.24) is 24.6 Å². The van der Waals surface area contributed by atoms with Crippen LogP contribution in [0.4, 0.5) is 4.79 Å². The minimum Gasteiger partial charge on any atom is -0.544 e. The highest BCUT2D eigenvalue weighted by molar-refractivity contribution is 6.74. The number of carbonyl (C=O) groups is 2. The molecule has 0 N–H and O–H groups in total. The maximum atomic E-state index is 14.3. The van der Waals surface area contributed by atoms with E-state index < -0.39 is 13.9 Å². The summed E-state index contributed by atoms with van der Waals surface area (Å²) in [4.78, 5) is 35.5.